The Morgan fingerprint density at radius 2 is 1.97 bits per heavy atom. The van der Waals surface area contributed by atoms with Gasteiger partial charge in [0.15, 0.2) is 0 Å². The third-order valence-corrected chi connectivity index (χ3v) is 4.03. The first-order chi connectivity index (χ1) is 13.4. The number of carbonyl (C=O) groups is 1. The molecule has 0 saturated heterocycles. The zero-order valence-electron chi connectivity index (χ0n) is 14.7. The lowest BCUT2D eigenvalue weighted by atomic mass is 10.0. The van der Waals surface area contributed by atoms with Crippen LogP contribution in [-0.2, 0) is 9.53 Å². The second-order valence-corrected chi connectivity index (χ2v) is 6.13. The predicted octanol–water partition coefficient (Wildman–Crippen LogP) is 4.86. The van der Waals surface area contributed by atoms with E-state index in [9.17, 15) is 28.1 Å². The summed E-state index contributed by atoms with van der Waals surface area (Å²) in [6, 6.07) is 5.09. The summed E-state index contributed by atoms with van der Waals surface area (Å²) in [7, 11) is 0. The number of ether oxygens (including phenoxy) is 2. The third-order valence-electron chi connectivity index (χ3n) is 3.66. The van der Waals surface area contributed by atoms with Crippen molar-refractivity contribution < 1.29 is 37.5 Å². The van der Waals surface area contributed by atoms with E-state index in [-0.39, 0.29) is 27.8 Å². The van der Waals surface area contributed by atoms with Crippen LogP contribution in [0.25, 0.3) is 0 Å². The molecular weight excluding hydrogens is 419 g/mol. The maximum atomic E-state index is 13.0. The first-order valence-corrected chi connectivity index (χ1v) is 8.16. The Hall–Kier alpha value is -3.27. The fourth-order valence-corrected chi connectivity index (χ4v) is 2.39. The Bertz CT molecular complexity index is 947. The number of benzene rings is 1. The quantitative estimate of drug-likeness (QED) is 0.406. The third kappa shape index (κ3) is 5.38. The van der Waals surface area contributed by atoms with Gasteiger partial charge in [0.25, 0.3) is 5.69 Å². The molecule has 1 N–H and O–H groups in total. The standard InChI is InChI=1S/C18H13ClF3NO6/c1-9-11(7-14(17(24)25)16(29-9)18(20,21)22)8-15(19)10(2)28-13-5-3-12(4-6-13)23(26)27/h3-8,16H,1H2,2H3,(H,24,25)/b11-8-,15-10-. The number of alkyl halides is 3. The zero-order chi connectivity index (χ0) is 21.9. The lowest BCUT2D eigenvalue weighted by Gasteiger charge is -2.28. The summed E-state index contributed by atoms with van der Waals surface area (Å²) < 4.78 is 49.0. The van der Waals surface area contributed by atoms with Gasteiger partial charge in [-0.25, -0.2) is 4.79 Å². The molecule has 0 radical (unpaired) electrons. The van der Waals surface area contributed by atoms with Crippen molar-refractivity contribution in [2.45, 2.75) is 19.2 Å². The molecule has 0 fully saturated rings. The van der Waals surface area contributed by atoms with Gasteiger partial charge >= 0.3 is 12.1 Å². The van der Waals surface area contributed by atoms with Crippen LogP contribution in [0.5, 0.6) is 5.75 Å². The van der Waals surface area contributed by atoms with E-state index in [1.807, 2.05) is 0 Å². The first kappa shape index (κ1) is 22.0. The van der Waals surface area contributed by atoms with Gasteiger partial charge in [0, 0.05) is 17.7 Å². The summed E-state index contributed by atoms with van der Waals surface area (Å²) in [6.45, 7) is 4.80. The van der Waals surface area contributed by atoms with Crippen LogP contribution in [0.3, 0.4) is 0 Å². The molecule has 1 atom stereocenters. The summed E-state index contributed by atoms with van der Waals surface area (Å²) >= 11 is 6.09. The van der Waals surface area contributed by atoms with Crippen LogP contribution < -0.4 is 4.74 Å². The van der Waals surface area contributed by atoms with E-state index >= 15 is 0 Å². The molecule has 1 aliphatic heterocycles. The number of rotatable bonds is 5. The number of aliphatic carboxylic acids is 1. The maximum Gasteiger partial charge on any atom is 0.430 e. The van der Waals surface area contributed by atoms with Gasteiger partial charge in [-0.05, 0) is 31.2 Å². The SMILES string of the molecule is C=C1OC(C(F)(F)F)C(C(=O)O)=C/C1=C/C(Cl)=C(\C)Oc1ccc([N+](=O)[O-])cc1. The Kier molecular flexibility index (Phi) is 6.38. The van der Waals surface area contributed by atoms with E-state index < -0.39 is 34.5 Å². The Morgan fingerprint density at radius 1 is 1.38 bits per heavy atom. The number of non-ortho nitro benzene ring substituents is 1. The predicted molar refractivity (Wildman–Crippen MR) is 96.1 cm³/mol. The van der Waals surface area contributed by atoms with Crippen LogP contribution in [0.1, 0.15) is 6.92 Å². The molecule has 0 bridgehead atoms. The maximum absolute atomic E-state index is 13.0. The van der Waals surface area contributed by atoms with E-state index in [0.29, 0.717) is 0 Å². The second-order valence-electron chi connectivity index (χ2n) is 5.72. The van der Waals surface area contributed by atoms with Crippen LogP contribution in [0, 0.1) is 10.1 Å². The molecule has 1 aromatic carbocycles. The van der Waals surface area contributed by atoms with Crippen LogP contribution in [0.4, 0.5) is 18.9 Å². The normalized spacial score (nSPS) is 19.2. The van der Waals surface area contributed by atoms with Gasteiger partial charge in [-0.1, -0.05) is 18.2 Å². The van der Waals surface area contributed by atoms with Crippen molar-refractivity contribution in [3.8, 4) is 5.75 Å². The van der Waals surface area contributed by atoms with Crippen LogP contribution in [0.15, 0.2) is 70.7 Å². The Balaban J connectivity index is 2.32. The molecule has 7 nitrogen and oxygen atoms in total. The molecule has 1 aromatic rings. The van der Waals surface area contributed by atoms with Gasteiger partial charge in [-0.15, -0.1) is 0 Å². The summed E-state index contributed by atoms with van der Waals surface area (Å²) in [5.74, 6) is -1.89. The molecule has 154 valence electrons. The number of hydrogen-bond acceptors (Lipinski definition) is 5. The number of nitrogens with zero attached hydrogens (tertiary/aromatic N) is 1. The summed E-state index contributed by atoms with van der Waals surface area (Å²) in [6.07, 6.45) is -5.67. The molecular formula is C18H13ClF3NO6. The number of halogens is 4. The number of nitro benzene ring substituents is 1. The summed E-state index contributed by atoms with van der Waals surface area (Å²) in [5.41, 5.74) is -1.25. The van der Waals surface area contributed by atoms with E-state index in [2.05, 4.69) is 11.3 Å². The molecule has 11 heteroatoms. The van der Waals surface area contributed by atoms with Crippen LogP contribution in [-0.4, -0.2) is 28.3 Å². The van der Waals surface area contributed by atoms with Gasteiger partial charge in [0.2, 0.25) is 6.10 Å². The summed E-state index contributed by atoms with van der Waals surface area (Å²) in [4.78, 5) is 21.2. The Labute approximate surface area is 167 Å². The number of carboxylic acid groups (broad SMARTS) is 1. The minimum Gasteiger partial charge on any atom is -0.478 e. The molecule has 0 aliphatic carbocycles. The molecule has 2 rings (SSSR count). The fourth-order valence-electron chi connectivity index (χ4n) is 2.24. The van der Waals surface area contributed by atoms with Crippen LogP contribution >= 0.6 is 11.6 Å². The molecule has 1 heterocycles. The highest BCUT2D eigenvalue weighted by Crippen LogP contribution is 2.36. The largest absolute Gasteiger partial charge is 0.478 e. The minimum atomic E-state index is -4.94. The summed E-state index contributed by atoms with van der Waals surface area (Å²) in [5, 5.41) is 19.6. The van der Waals surface area contributed by atoms with Gasteiger partial charge in [0.1, 0.15) is 17.3 Å². The van der Waals surface area contributed by atoms with E-state index in [0.717, 1.165) is 12.2 Å². The average Bonchev–Trinajstić information content (AvgIpc) is 2.62. The van der Waals surface area contributed by atoms with Crippen molar-refractivity contribution in [2.24, 2.45) is 0 Å². The van der Waals surface area contributed by atoms with Gasteiger partial charge < -0.3 is 14.6 Å². The fraction of sp³-hybridized carbons (Fsp3) is 0.167. The highest BCUT2D eigenvalue weighted by atomic mass is 35.5. The van der Waals surface area contributed by atoms with Crippen molar-refractivity contribution in [3.05, 3.63) is 80.8 Å². The van der Waals surface area contributed by atoms with Crippen molar-refractivity contribution in [2.75, 3.05) is 0 Å². The van der Waals surface area contributed by atoms with Crippen molar-refractivity contribution in [1.82, 2.24) is 0 Å². The molecule has 1 aliphatic rings. The average molecular weight is 432 g/mol. The van der Waals surface area contributed by atoms with E-state index in [4.69, 9.17) is 21.4 Å². The highest BCUT2D eigenvalue weighted by molar-refractivity contribution is 6.31. The van der Waals surface area contributed by atoms with Crippen molar-refractivity contribution in [1.29, 1.82) is 0 Å². The van der Waals surface area contributed by atoms with Gasteiger partial charge in [-0.3, -0.25) is 10.1 Å². The second kappa shape index (κ2) is 8.39. The lowest BCUT2D eigenvalue weighted by molar-refractivity contribution is -0.384. The number of hydrogen-bond donors (Lipinski definition) is 1. The van der Waals surface area contributed by atoms with E-state index in [1.165, 1.54) is 31.2 Å². The van der Waals surface area contributed by atoms with Crippen molar-refractivity contribution in [3.63, 3.8) is 0 Å². The van der Waals surface area contributed by atoms with Crippen LogP contribution in [0.2, 0.25) is 0 Å². The molecule has 0 spiro atoms. The van der Waals surface area contributed by atoms with E-state index in [1.54, 1.807) is 0 Å². The molecule has 1 unspecified atom stereocenters. The lowest BCUT2D eigenvalue weighted by Crippen LogP contribution is -2.38. The monoisotopic (exact) mass is 431 g/mol. The number of nitro groups is 1. The molecule has 0 aromatic heterocycles. The minimum absolute atomic E-state index is 0.0745. The Morgan fingerprint density at radius 3 is 2.45 bits per heavy atom. The smallest absolute Gasteiger partial charge is 0.430 e. The topological polar surface area (TPSA) is 98.9 Å². The molecule has 0 amide bonds. The van der Waals surface area contributed by atoms with Gasteiger partial charge in [-0.2, -0.15) is 13.2 Å². The first-order valence-electron chi connectivity index (χ1n) is 7.78. The highest BCUT2D eigenvalue weighted by Gasteiger charge is 2.48. The molecule has 0 saturated carbocycles. The van der Waals surface area contributed by atoms with Crippen molar-refractivity contribution >= 4 is 23.3 Å². The van der Waals surface area contributed by atoms with Gasteiger partial charge in [0.05, 0.1) is 15.5 Å². The zero-order valence-corrected chi connectivity index (χ0v) is 15.5. The number of carboxylic acids is 1. The number of allylic oxidation sites excluding steroid dienone is 4. The molecule has 29 heavy (non-hydrogen) atoms.